The number of rotatable bonds is 5. The standard InChI is InChI=1S/C21H29F3N4O/c1-2-25-20(26-9-6-17-7-14-29-15-8-17)28-12-10-27(11-13-28)19-5-3-4-18(16-19)21(22,23)24/h3-5,7,16H,2,6,8-15H2,1H3,(H,25,26). The third kappa shape index (κ3) is 6.13. The van der Waals surface area contributed by atoms with E-state index in [1.807, 2.05) is 11.8 Å². The van der Waals surface area contributed by atoms with Gasteiger partial charge in [0.1, 0.15) is 0 Å². The van der Waals surface area contributed by atoms with Crippen LogP contribution in [0.2, 0.25) is 0 Å². The van der Waals surface area contributed by atoms with Gasteiger partial charge in [-0.25, -0.2) is 0 Å². The molecule has 2 aliphatic rings. The molecule has 0 aromatic heterocycles. The van der Waals surface area contributed by atoms with Crippen LogP contribution in [0.5, 0.6) is 0 Å². The average molecular weight is 410 g/mol. The highest BCUT2D eigenvalue weighted by Crippen LogP contribution is 2.31. The van der Waals surface area contributed by atoms with E-state index in [-0.39, 0.29) is 0 Å². The molecular formula is C21H29F3N4O. The maximum Gasteiger partial charge on any atom is 0.416 e. The van der Waals surface area contributed by atoms with E-state index in [1.54, 1.807) is 6.07 Å². The molecule has 2 aliphatic heterocycles. The van der Waals surface area contributed by atoms with Gasteiger partial charge in [-0.3, -0.25) is 4.99 Å². The maximum absolute atomic E-state index is 13.0. The largest absolute Gasteiger partial charge is 0.416 e. The SMILES string of the molecule is CCNC(=NCCC1=CCOCC1)N1CCN(c2cccc(C(F)(F)F)c2)CC1. The number of hydrogen-bond donors (Lipinski definition) is 1. The fourth-order valence-electron chi connectivity index (χ4n) is 3.58. The zero-order valence-corrected chi connectivity index (χ0v) is 16.8. The molecule has 0 atom stereocenters. The fourth-order valence-corrected chi connectivity index (χ4v) is 3.58. The van der Waals surface area contributed by atoms with Gasteiger partial charge in [0.15, 0.2) is 5.96 Å². The molecule has 160 valence electrons. The molecule has 0 spiro atoms. The lowest BCUT2D eigenvalue weighted by molar-refractivity contribution is -0.137. The molecular weight excluding hydrogens is 381 g/mol. The predicted octanol–water partition coefficient (Wildman–Crippen LogP) is 3.53. The Bertz CT molecular complexity index is 725. The van der Waals surface area contributed by atoms with Crippen molar-refractivity contribution in [3.8, 4) is 0 Å². The minimum Gasteiger partial charge on any atom is -0.377 e. The Kier molecular flexibility index (Phi) is 7.41. The number of benzene rings is 1. The van der Waals surface area contributed by atoms with Crippen LogP contribution in [0.15, 0.2) is 40.9 Å². The summed E-state index contributed by atoms with van der Waals surface area (Å²) in [6, 6.07) is 5.56. The van der Waals surface area contributed by atoms with E-state index < -0.39 is 11.7 Å². The molecule has 5 nitrogen and oxygen atoms in total. The Morgan fingerprint density at radius 1 is 1.21 bits per heavy atom. The van der Waals surface area contributed by atoms with Crippen molar-refractivity contribution in [2.75, 3.05) is 57.4 Å². The molecule has 2 heterocycles. The second-order valence-electron chi connectivity index (χ2n) is 7.20. The van der Waals surface area contributed by atoms with E-state index in [1.165, 1.54) is 17.7 Å². The van der Waals surface area contributed by atoms with Gasteiger partial charge >= 0.3 is 6.18 Å². The normalized spacial score (nSPS) is 18.6. The Morgan fingerprint density at radius 3 is 2.66 bits per heavy atom. The number of alkyl halides is 3. The van der Waals surface area contributed by atoms with E-state index in [2.05, 4.69) is 16.3 Å². The van der Waals surface area contributed by atoms with Crippen LogP contribution in [0.25, 0.3) is 0 Å². The lowest BCUT2D eigenvalue weighted by Crippen LogP contribution is -2.52. The summed E-state index contributed by atoms with van der Waals surface area (Å²) in [6.45, 7) is 7.78. The van der Waals surface area contributed by atoms with E-state index in [0.29, 0.717) is 25.4 Å². The zero-order valence-electron chi connectivity index (χ0n) is 16.8. The van der Waals surface area contributed by atoms with Gasteiger partial charge in [-0.05, 0) is 38.0 Å². The molecule has 8 heteroatoms. The molecule has 0 unspecified atom stereocenters. The van der Waals surface area contributed by atoms with Crippen LogP contribution < -0.4 is 10.2 Å². The number of ether oxygens (including phenoxy) is 1. The van der Waals surface area contributed by atoms with Crippen LogP contribution in [0, 0.1) is 0 Å². The minimum absolute atomic E-state index is 0.602. The number of hydrogen-bond acceptors (Lipinski definition) is 3. The van der Waals surface area contributed by atoms with Crippen molar-refractivity contribution in [2.45, 2.75) is 25.9 Å². The van der Waals surface area contributed by atoms with Gasteiger partial charge in [-0.1, -0.05) is 17.7 Å². The Balaban J connectivity index is 1.57. The molecule has 1 fully saturated rings. The van der Waals surface area contributed by atoms with Gasteiger partial charge in [-0.2, -0.15) is 13.2 Å². The summed E-state index contributed by atoms with van der Waals surface area (Å²) in [6.07, 6.45) is -0.271. The topological polar surface area (TPSA) is 40.1 Å². The highest BCUT2D eigenvalue weighted by molar-refractivity contribution is 5.80. The number of anilines is 1. The number of nitrogens with zero attached hydrogens (tertiary/aromatic N) is 3. The molecule has 1 N–H and O–H groups in total. The molecule has 1 aromatic carbocycles. The summed E-state index contributed by atoms with van der Waals surface area (Å²) in [4.78, 5) is 8.95. The Morgan fingerprint density at radius 2 is 2.00 bits per heavy atom. The van der Waals surface area contributed by atoms with Crippen molar-refractivity contribution in [3.05, 3.63) is 41.5 Å². The summed E-state index contributed by atoms with van der Waals surface area (Å²) >= 11 is 0. The summed E-state index contributed by atoms with van der Waals surface area (Å²) in [7, 11) is 0. The zero-order chi connectivity index (χ0) is 20.7. The second-order valence-corrected chi connectivity index (χ2v) is 7.20. The fraction of sp³-hybridized carbons (Fsp3) is 0.571. The Hall–Kier alpha value is -2.22. The number of halogens is 3. The van der Waals surface area contributed by atoms with Crippen LogP contribution in [0.1, 0.15) is 25.3 Å². The first-order valence-corrected chi connectivity index (χ1v) is 10.2. The number of nitrogens with one attached hydrogen (secondary N) is 1. The van der Waals surface area contributed by atoms with Crippen molar-refractivity contribution in [1.29, 1.82) is 0 Å². The lowest BCUT2D eigenvalue weighted by atomic mass is 10.1. The van der Waals surface area contributed by atoms with Crippen LogP contribution in [0.4, 0.5) is 18.9 Å². The van der Waals surface area contributed by atoms with Gasteiger partial charge in [0.2, 0.25) is 0 Å². The van der Waals surface area contributed by atoms with Crippen LogP contribution in [-0.2, 0) is 10.9 Å². The summed E-state index contributed by atoms with van der Waals surface area (Å²) < 4.78 is 44.3. The Labute approximate surface area is 170 Å². The van der Waals surface area contributed by atoms with E-state index >= 15 is 0 Å². The quantitative estimate of drug-likeness (QED) is 0.458. The second kappa shape index (κ2) is 10.0. The third-order valence-corrected chi connectivity index (χ3v) is 5.20. The smallest absolute Gasteiger partial charge is 0.377 e. The van der Waals surface area contributed by atoms with Crippen molar-refractivity contribution in [2.24, 2.45) is 4.99 Å². The van der Waals surface area contributed by atoms with Gasteiger partial charge in [0, 0.05) is 45.0 Å². The monoisotopic (exact) mass is 410 g/mol. The first kappa shape index (κ1) is 21.5. The molecule has 0 amide bonds. The van der Waals surface area contributed by atoms with Gasteiger partial charge in [0.05, 0.1) is 18.8 Å². The molecule has 0 radical (unpaired) electrons. The minimum atomic E-state index is -4.32. The number of piperazine rings is 1. The lowest BCUT2D eigenvalue weighted by Gasteiger charge is -2.38. The van der Waals surface area contributed by atoms with Crippen molar-refractivity contribution in [1.82, 2.24) is 10.2 Å². The average Bonchev–Trinajstić information content (AvgIpc) is 2.73. The molecule has 0 saturated carbocycles. The van der Waals surface area contributed by atoms with Gasteiger partial charge in [0.25, 0.3) is 0 Å². The molecule has 29 heavy (non-hydrogen) atoms. The van der Waals surface area contributed by atoms with Crippen molar-refractivity contribution in [3.63, 3.8) is 0 Å². The third-order valence-electron chi connectivity index (χ3n) is 5.20. The molecule has 3 rings (SSSR count). The van der Waals surface area contributed by atoms with E-state index in [0.717, 1.165) is 57.7 Å². The van der Waals surface area contributed by atoms with E-state index in [9.17, 15) is 13.2 Å². The first-order chi connectivity index (χ1) is 14.0. The molecule has 1 saturated heterocycles. The van der Waals surface area contributed by atoms with Crippen molar-refractivity contribution >= 4 is 11.6 Å². The van der Waals surface area contributed by atoms with Gasteiger partial charge < -0.3 is 19.9 Å². The van der Waals surface area contributed by atoms with Crippen molar-refractivity contribution < 1.29 is 17.9 Å². The first-order valence-electron chi connectivity index (χ1n) is 10.2. The van der Waals surface area contributed by atoms with Crippen LogP contribution in [0.3, 0.4) is 0 Å². The highest BCUT2D eigenvalue weighted by Gasteiger charge is 2.31. The predicted molar refractivity (Wildman–Crippen MR) is 109 cm³/mol. The summed E-state index contributed by atoms with van der Waals surface area (Å²) in [5.74, 6) is 0.879. The maximum atomic E-state index is 13.0. The van der Waals surface area contributed by atoms with Gasteiger partial charge in [-0.15, -0.1) is 0 Å². The summed E-state index contributed by atoms with van der Waals surface area (Å²) in [5, 5.41) is 3.34. The number of aliphatic imine (C=N–C) groups is 1. The highest BCUT2D eigenvalue weighted by atomic mass is 19.4. The summed E-state index contributed by atoms with van der Waals surface area (Å²) in [5.41, 5.74) is 1.41. The molecule has 0 aliphatic carbocycles. The van der Waals surface area contributed by atoms with E-state index in [4.69, 9.17) is 9.73 Å². The number of guanidine groups is 1. The molecule has 1 aromatic rings. The van der Waals surface area contributed by atoms with Crippen LogP contribution >= 0.6 is 0 Å². The van der Waals surface area contributed by atoms with Crippen LogP contribution in [-0.4, -0.2) is 63.3 Å². The molecule has 0 bridgehead atoms.